The first kappa shape index (κ1) is 27.1. The predicted molar refractivity (Wildman–Crippen MR) is 140 cm³/mol. The normalized spacial score (nSPS) is 15.2. The lowest BCUT2D eigenvalue weighted by molar-refractivity contribution is -0.115. The van der Waals surface area contributed by atoms with Gasteiger partial charge in [-0.15, -0.1) is 0 Å². The molecule has 0 heterocycles. The molecule has 4 rings (SSSR count). The molecule has 1 amide bonds. The summed E-state index contributed by atoms with van der Waals surface area (Å²) in [5.41, 5.74) is 0.633. The number of nitrogens with one attached hydrogen (secondary N) is 1. The molecular formula is C28H28ClF2NO4S. The molecule has 196 valence electrons. The highest BCUT2D eigenvalue weighted by molar-refractivity contribution is 7.91. The van der Waals surface area contributed by atoms with E-state index in [9.17, 15) is 17.6 Å². The van der Waals surface area contributed by atoms with Crippen LogP contribution in [-0.2, 0) is 26.7 Å². The van der Waals surface area contributed by atoms with Crippen LogP contribution in [0.1, 0.15) is 50.2 Å². The van der Waals surface area contributed by atoms with Crippen molar-refractivity contribution in [2.24, 2.45) is 0 Å². The minimum absolute atomic E-state index is 0.00242. The molecule has 1 aliphatic carbocycles. The van der Waals surface area contributed by atoms with Gasteiger partial charge in [-0.25, -0.2) is 17.2 Å². The van der Waals surface area contributed by atoms with Gasteiger partial charge in [0.2, 0.25) is 5.91 Å². The number of hydrogen-bond donors (Lipinski definition) is 1. The first-order valence-electron chi connectivity index (χ1n) is 12.2. The van der Waals surface area contributed by atoms with Crippen molar-refractivity contribution >= 4 is 33.0 Å². The third kappa shape index (κ3) is 6.30. The number of hydrogen-bond acceptors (Lipinski definition) is 4. The molecule has 5 nitrogen and oxygen atoms in total. The zero-order valence-electron chi connectivity index (χ0n) is 20.4. The van der Waals surface area contributed by atoms with Crippen molar-refractivity contribution < 1.29 is 26.7 Å². The van der Waals surface area contributed by atoms with Gasteiger partial charge in [0, 0.05) is 11.8 Å². The molecule has 1 N–H and O–H groups in total. The van der Waals surface area contributed by atoms with E-state index in [1.165, 1.54) is 36.4 Å². The quantitative estimate of drug-likeness (QED) is 0.335. The van der Waals surface area contributed by atoms with Crippen LogP contribution in [-0.4, -0.2) is 20.1 Å². The Labute approximate surface area is 220 Å². The molecule has 0 aliphatic heterocycles. The van der Waals surface area contributed by atoms with Gasteiger partial charge in [0.05, 0.1) is 22.1 Å². The summed E-state index contributed by atoms with van der Waals surface area (Å²) in [5.74, 6) is -1.56. The molecule has 0 unspecified atom stereocenters. The number of carbonyl (C=O) groups excluding carboxylic acids is 1. The molecule has 0 atom stereocenters. The SMILES string of the molecule is CCS(=O)(=O)c1ccc(CC(=O)Nc2ccc(OC3(c4ccc(Cl)c(F)c4)CCCCC3)c(F)c2)cc1. The maximum Gasteiger partial charge on any atom is 0.228 e. The Balaban J connectivity index is 1.46. The van der Waals surface area contributed by atoms with E-state index in [4.69, 9.17) is 16.3 Å². The van der Waals surface area contributed by atoms with Crippen LogP contribution in [0.2, 0.25) is 5.02 Å². The molecule has 1 aliphatic rings. The number of amides is 1. The molecule has 0 radical (unpaired) electrons. The largest absolute Gasteiger partial charge is 0.480 e. The Morgan fingerprint density at radius 2 is 1.68 bits per heavy atom. The second-order valence-electron chi connectivity index (χ2n) is 9.20. The zero-order chi connectivity index (χ0) is 26.6. The maximum absolute atomic E-state index is 15.1. The zero-order valence-corrected chi connectivity index (χ0v) is 22.0. The Morgan fingerprint density at radius 1 is 0.973 bits per heavy atom. The van der Waals surface area contributed by atoms with Gasteiger partial charge in [-0.1, -0.05) is 43.1 Å². The molecule has 1 saturated carbocycles. The van der Waals surface area contributed by atoms with E-state index in [1.54, 1.807) is 31.2 Å². The molecular weight excluding hydrogens is 520 g/mol. The highest BCUT2D eigenvalue weighted by Gasteiger charge is 2.37. The number of halogens is 3. The minimum Gasteiger partial charge on any atom is -0.480 e. The van der Waals surface area contributed by atoms with Crippen LogP contribution in [0.3, 0.4) is 0 Å². The number of sulfone groups is 1. The van der Waals surface area contributed by atoms with Crippen LogP contribution in [0.25, 0.3) is 0 Å². The molecule has 1 fully saturated rings. The van der Waals surface area contributed by atoms with Crippen LogP contribution in [0, 0.1) is 11.6 Å². The smallest absolute Gasteiger partial charge is 0.228 e. The molecule has 0 bridgehead atoms. The fourth-order valence-corrected chi connectivity index (χ4v) is 5.60. The van der Waals surface area contributed by atoms with E-state index in [-0.39, 0.29) is 39.4 Å². The fourth-order valence-electron chi connectivity index (χ4n) is 4.60. The lowest BCUT2D eigenvalue weighted by Crippen LogP contribution is -2.36. The molecule has 0 spiro atoms. The van der Waals surface area contributed by atoms with E-state index in [1.807, 2.05) is 0 Å². The van der Waals surface area contributed by atoms with Crippen molar-refractivity contribution in [1.82, 2.24) is 0 Å². The van der Waals surface area contributed by atoms with E-state index >= 15 is 4.39 Å². The second-order valence-corrected chi connectivity index (χ2v) is 11.9. The van der Waals surface area contributed by atoms with Gasteiger partial charge in [-0.05, 0) is 73.2 Å². The van der Waals surface area contributed by atoms with Crippen LogP contribution >= 0.6 is 11.6 Å². The maximum atomic E-state index is 15.1. The number of carbonyl (C=O) groups is 1. The Hall–Kier alpha value is -2.97. The first-order chi connectivity index (χ1) is 17.6. The Bertz CT molecular complexity index is 1390. The molecule has 3 aromatic rings. The average Bonchev–Trinajstić information content (AvgIpc) is 2.88. The highest BCUT2D eigenvalue weighted by atomic mass is 35.5. The Morgan fingerprint density at radius 3 is 2.30 bits per heavy atom. The third-order valence-corrected chi connectivity index (χ3v) is 8.71. The van der Waals surface area contributed by atoms with Gasteiger partial charge >= 0.3 is 0 Å². The van der Waals surface area contributed by atoms with Gasteiger partial charge in [-0.3, -0.25) is 4.79 Å². The van der Waals surface area contributed by atoms with Gasteiger partial charge < -0.3 is 10.1 Å². The summed E-state index contributed by atoms with van der Waals surface area (Å²) in [6, 6.07) is 14.9. The van der Waals surface area contributed by atoms with Crippen LogP contribution in [0.5, 0.6) is 5.75 Å². The molecule has 3 aromatic carbocycles. The average molecular weight is 548 g/mol. The number of ether oxygens (including phenoxy) is 1. The lowest BCUT2D eigenvalue weighted by atomic mass is 9.79. The minimum atomic E-state index is -3.32. The summed E-state index contributed by atoms with van der Waals surface area (Å²) in [5, 5.41) is 2.67. The van der Waals surface area contributed by atoms with Crippen LogP contribution < -0.4 is 10.1 Å². The summed E-state index contributed by atoms with van der Waals surface area (Å²) in [4.78, 5) is 12.7. The van der Waals surface area contributed by atoms with Gasteiger partial charge in [0.1, 0.15) is 11.4 Å². The van der Waals surface area contributed by atoms with Crippen molar-refractivity contribution in [3.8, 4) is 5.75 Å². The number of benzene rings is 3. The van der Waals surface area contributed by atoms with E-state index in [0.717, 1.165) is 19.3 Å². The van der Waals surface area contributed by atoms with Crippen molar-refractivity contribution in [3.05, 3.63) is 88.4 Å². The van der Waals surface area contributed by atoms with E-state index in [2.05, 4.69) is 5.32 Å². The van der Waals surface area contributed by atoms with Crippen molar-refractivity contribution in [3.63, 3.8) is 0 Å². The molecule has 9 heteroatoms. The monoisotopic (exact) mass is 547 g/mol. The van der Waals surface area contributed by atoms with Crippen molar-refractivity contribution in [2.45, 2.75) is 55.9 Å². The first-order valence-corrected chi connectivity index (χ1v) is 14.2. The van der Waals surface area contributed by atoms with Crippen LogP contribution in [0.4, 0.5) is 14.5 Å². The highest BCUT2D eigenvalue weighted by Crippen LogP contribution is 2.42. The predicted octanol–water partition coefficient (Wildman–Crippen LogP) is 6.83. The number of anilines is 1. The van der Waals surface area contributed by atoms with E-state index < -0.39 is 27.1 Å². The standard InChI is InChI=1S/C28H28ClF2NO4S/c1-2-37(34,35)22-10-6-19(7-11-22)16-27(33)32-21-9-13-26(25(31)18-21)36-28(14-4-3-5-15-28)20-8-12-23(29)24(30)17-20/h6-13,17-18H,2-5,14-16H2,1H3,(H,32,33). The molecule has 0 saturated heterocycles. The Kier molecular flexibility index (Phi) is 8.19. The summed E-state index contributed by atoms with van der Waals surface area (Å²) in [6.45, 7) is 1.57. The number of rotatable bonds is 8. The molecule has 37 heavy (non-hydrogen) atoms. The lowest BCUT2D eigenvalue weighted by Gasteiger charge is -2.38. The van der Waals surface area contributed by atoms with Crippen molar-refractivity contribution in [2.75, 3.05) is 11.1 Å². The van der Waals surface area contributed by atoms with Gasteiger partial charge in [-0.2, -0.15) is 0 Å². The molecule has 0 aromatic heterocycles. The second kappa shape index (κ2) is 11.2. The summed E-state index contributed by atoms with van der Waals surface area (Å²) < 4.78 is 59.4. The topological polar surface area (TPSA) is 72.5 Å². The van der Waals surface area contributed by atoms with Crippen LogP contribution in [0.15, 0.2) is 65.6 Å². The van der Waals surface area contributed by atoms with Gasteiger partial charge in [0.25, 0.3) is 0 Å². The summed E-state index contributed by atoms with van der Waals surface area (Å²) in [7, 11) is -3.32. The van der Waals surface area contributed by atoms with E-state index in [0.29, 0.717) is 24.0 Å². The third-order valence-electron chi connectivity index (χ3n) is 6.66. The van der Waals surface area contributed by atoms with Crippen molar-refractivity contribution in [1.29, 1.82) is 0 Å². The fraction of sp³-hybridized carbons (Fsp3) is 0.321. The van der Waals surface area contributed by atoms with Gasteiger partial charge in [0.15, 0.2) is 21.4 Å². The summed E-state index contributed by atoms with van der Waals surface area (Å²) >= 11 is 5.86. The summed E-state index contributed by atoms with van der Waals surface area (Å²) in [6.07, 6.45) is 3.98.